The maximum atomic E-state index is 13.2. The highest BCUT2D eigenvalue weighted by Crippen LogP contribution is 2.26. The first kappa shape index (κ1) is 27.3. The Kier molecular flexibility index (Phi) is 7.41. The summed E-state index contributed by atoms with van der Waals surface area (Å²) in [6.45, 7) is 2.20. The largest absolute Gasteiger partial charge is 0.368 e. The molecule has 1 fully saturated rings. The number of imidazole rings is 1. The third kappa shape index (κ3) is 5.71. The zero-order chi connectivity index (χ0) is 29.9. The summed E-state index contributed by atoms with van der Waals surface area (Å²) in [4.78, 5) is 37.1. The third-order valence-electron chi connectivity index (χ3n) is 8.08. The van der Waals surface area contributed by atoms with Gasteiger partial charge in [0.1, 0.15) is 12.1 Å². The van der Waals surface area contributed by atoms with Crippen molar-refractivity contribution in [3.63, 3.8) is 0 Å². The molecule has 0 aliphatic carbocycles. The van der Waals surface area contributed by atoms with E-state index < -0.39 is 0 Å². The van der Waals surface area contributed by atoms with Crippen LogP contribution in [0.25, 0.3) is 38.9 Å². The van der Waals surface area contributed by atoms with Gasteiger partial charge in [-0.3, -0.25) is 4.57 Å². The lowest BCUT2D eigenvalue weighted by molar-refractivity contribution is 0.175. The lowest BCUT2D eigenvalue weighted by atomic mass is 9.95. The van der Waals surface area contributed by atoms with Crippen LogP contribution < -0.4 is 16.4 Å². The van der Waals surface area contributed by atoms with Crippen LogP contribution in [0.3, 0.4) is 0 Å². The number of hydrogen-bond acceptors (Lipinski definition) is 8. The number of nitrogens with two attached hydrogens (primary N) is 1. The number of nitrogens with zero attached hydrogens (tertiary/aromatic N) is 7. The van der Waals surface area contributed by atoms with E-state index >= 15 is 0 Å². The summed E-state index contributed by atoms with van der Waals surface area (Å²) in [7, 11) is 0. The number of carbonyl (C=O) groups excluding carboxylic acids is 1. The lowest BCUT2D eigenvalue weighted by Crippen LogP contribution is -2.42. The van der Waals surface area contributed by atoms with Crippen LogP contribution in [0.5, 0.6) is 0 Å². The molecule has 1 atom stereocenters. The first-order valence-corrected chi connectivity index (χ1v) is 14.8. The van der Waals surface area contributed by atoms with Crippen molar-refractivity contribution in [1.29, 1.82) is 0 Å². The summed E-state index contributed by atoms with van der Waals surface area (Å²) in [6, 6.07) is 23.7. The average Bonchev–Trinajstić information content (AvgIpc) is 3.49. The number of nitrogens with one attached hydrogen (secondary N) is 2. The predicted molar refractivity (Wildman–Crippen MR) is 172 cm³/mol. The zero-order valence-corrected chi connectivity index (χ0v) is 24.1. The van der Waals surface area contributed by atoms with E-state index in [1.54, 1.807) is 18.7 Å². The van der Waals surface area contributed by atoms with Gasteiger partial charge in [0.05, 0.1) is 22.4 Å². The van der Waals surface area contributed by atoms with Gasteiger partial charge in [0.15, 0.2) is 0 Å². The fourth-order valence-corrected chi connectivity index (χ4v) is 5.86. The van der Waals surface area contributed by atoms with E-state index in [-0.39, 0.29) is 12.0 Å². The number of urea groups is 1. The first-order chi connectivity index (χ1) is 21.6. The Bertz CT molecular complexity index is 1950. The monoisotopic (exact) mass is 584 g/mol. The van der Waals surface area contributed by atoms with Crippen LogP contribution in [-0.4, -0.2) is 60.1 Å². The number of benzene rings is 3. The number of piperidine rings is 1. The molecule has 2 amide bonds. The highest BCUT2D eigenvalue weighted by Gasteiger charge is 2.24. The van der Waals surface area contributed by atoms with Gasteiger partial charge in [0.25, 0.3) is 0 Å². The van der Waals surface area contributed by atoms with Crippen LogP contribution in [0.15, 0.2) is 91.5 Å². The Morgan fingerprint density at radius 3 is 2.77 bits per heavy atom. The molecule has 3 aromatic carbocycles. The molecule has 1 saturated heterocycles. The molecule has 11 heteroatoms. The smallest absolute Gasteiger partial charge is 0.321 e. The summed E-state index contributed by atoms with van der Waals surface area (Å²) in [5, 5.41) is 8.67. The topological polar surface area (TPSA) is 140 Å². The van der Waals surface area contributed by atoms with Crippen molar-refractivity contribution in [2.75, 3.05) is 36.0 Å². The highest BCUT2D eigenvalue weighted by atomic mass is 16.2. The second kappa shape index (κ2) is 12.0. The van der Waals surface area contributed by atoms with Gasteiger partial charge in [0, 0.05) is 43.0 Å². The minimum atomic E-state index is -0.0455. The molecule has 0 spiro atoms. The summed E-state index contributed by atoms with van der Waals surface area (Å²) >= 11 is 0. The van der Waals surface area contributed by atoms with E-state index in [0.717, 1.165) is 76.9 Å². The molecule has 1 aliphatic heterocycles. The molecule has 1 aliphatic rings. The van der Waals surface area contributed by atoms with Gasteiger partial charge in [-0.25, -0.2) is 24.7 Å². The van der Waals surface area contributed by atoms with Crippen LogP contribution >= 0.6 is 0 Å². The van der Waals surface area contributed by atoms with Gasteiger partial charge in [-0.15, -0.1) is 0 Å². The van der Waals surface area contributed by atoms with Crippen molar-refractivity contribution in [3.8, 4) is 17.1 Å². The SMILES string of the molecule is Nc1nccc(-c2ccc3c(c2)ncn3-c2ccnc(NCCC3CCCN(C(=O)Nc4cccc5ccccc45)C3)n2)n1. The molecular weight excluding hydrogens is 552 g/mol. The van der Waals surface area contributed by atoms with Gasteiger partial charge in [-0.1, -0.05) is 42.5 Å². The van der Waals surface area contributed by atoms with Gasteiger partial charge in [-0.05, 0) is 60.9 Å². The second-order valence-electron chi connectivity index (χ2n) is 11.0. The normalized spacial score (nSPS) is 15.0. The van der Waals surface area contributed by atoms with Gasteiger partial charge < -0.3 is 21.3 Å². The number of carbonyl (C=O) groups is 1. The van der Waals surface area contributed by atoms with E-state index in [9.17, 15) is 4.79 Å². The molecule has 11 nitrogen and oxygen atoms in total. The Morgan fingerprint density at radius 1 is 0.955 bits per heavy atom. The van der Waals surface area contributed by atoms with E-state index in [0.29, 0.717) is 18.4 Å². The van der Waals surface area contributed by atoms with Crippen LogP contribution in [0.1, 0.15) is 19.3 Å². The quantitative estimate of drug-likeness (QED) is 0.215. The van der Waals surface area contributed by atoms with Crippen molar-refractivity contribution in [2.24, 2.45) is 5.92 Å². The number of aromatic nitrogens is 6. The van der Waals surface area contributed by atoms with E-state index in [1.165, 1.54) is 0 Å². The van der Waals surface area contributed by atoms with E-state index in [2.05, 4.69) is 42.7 Å². The molecule has 4 N–H and O–H groups in total. The van der Waals surface area contributed by atoms with E-state index in [1.807, 2.05) is 70.1 Å². The molecule has 0 radical (unpaired) electrons. The molecule has 1 unspecified atom stereocenters. The molecule has 6 aromatic rings. The van der Waals surface area contributed by atoms with Gasteiger partial charge in [-0.2, -0.15) is 4.98 Å². The molecule has 4 heterocycles. The zero-order valence-electron chi connectivity index (χ0n) is 24.1. The average molecular weight is 585 g/mol. The Morgan fingerprint density at radius 2 is 1.84 bits per heavy atom. The van der Waals surface area contributed by atoms with Crippen molar-refractivity contribution in [2.45, 2.75) is 19.3 Å². The van der Waals surface area contributed by atoms with Crippen LogP contribution in [-0.2, 0) is 0 Å². The molecule has 220 valence electrons. The number of nitrogen functional groups attached to an aromatic ring is 1. The van der Waals surface area contributed by atoms with Gasteiger partial charge in [0.2, 0.25) is 11.9 Å². The molecule has 7 rings (SSSR count). The Balaban J connectivity index is 0.969. The number of fused-ring (bicyclic) bond motifs is 2. The van der Waals surface area contributed by atoms with Crippen molar-refractivity contribution in [1.82, 2.24) is 34.4 Å². The summed E-state index contributed by atoms with van der Waals surface area (Å²) < 4.78 is 1.94. The van der Waals surface area contributed by atoms with Crippen molar-refractivity contribution >= 4 is 45.4 Å². The van der Waals surface area contributed by atoms with E-state index in [4.69, 9.17) is 10.7 Å². The number of likely N-dealkylation sites (tertiary alicyclic amines) is 1. The fraction of sp³-hybridized carbons (Fsp3) is 0.212. The fourth-order valence-electron chi connectivity index (χ4n) is 5.86. The third-order valence-corrected chi connectivity index (χ3v) is 8.08. The Labute approximate surface area is 254 Å². The van der Waals surface area contributed by atoms with Gasteiger partial charge >= 0.3 is 6.03 Å². The summed E-state index contributed by atoms with van der Waals surface area (Å²) in [6.07, 6.45) is 8.13. The predicted octanol–water partition coefficient (Wildman–Crippen LogP) is 5.75. The summed E-state index contributed by atoms with van der Waals surface area (Å²) in [5.74, 6) is 1.91. The summed E-state index contributed by atoms with van der Waals surface area (Å²) in [5.41, 5.74) is 10.00. The van der Waals surface area contributed by atoms with Crippen molar-refractivity contribution in [3.05, 3.63) is 91.5 Å². The van der Waals surface area contributed by atoms with Crippen LogP contribution in [0.4, 0.5) is 22.4 Å². The second-order valence-corrected chi connectivity index (χ2v) is 11.0. The molecular formula is C33H32N10O. The Hall–Kier alpha value is -5.58. The molecule has 0 bridgehead atoms. The molecule has 44 heavy (non-hydrogen) atoms. The highest BCUT2D eigenvalue weighted by molar-refractivity contribution is 6.01. The van der Waals surface area contributed by atoms with Crippen LogP contribution in [0.2, 0.25) is 0 Å². The number of amides is 2. The maximum absolute atomic E-state index is 13.2. The lowest BCUT2D eigenvalue weighted by Gasteiger charge is -2.33. The number of anilines is 3. The molecule has 0 saturated carbocycles. The van der Waals surface area contributed by atoms with Crippen LogP contribution in [0, 0.1) is 5.92 Å². The number of rotatable bonds is 7. The maximum Gasteiger partial charge on any atom is 0.321 e. The van der Waals surface area contributed by atoms with Crippen molar-refractivity contribution < 1.29 is 4.79 Å². The minimum absolute atomic E-state index is 0.0455. The number of hydrogen-bond donors (Lipinski definition) is 3. The minimum Gasteiger partial charge on any atom is -0.368 e. The standard InChI is InChI=1S/C33H32N10O/c34-31-35-16-13-26(39-31)24-10-11-29-28(19-24)38-21-43(29)30-14-17-37-32(41-30)36-15-12-22-5-4-18-42(20-22)33(44)40-27-9-3-7-23-6-1-2-8-25(23)27/h1-3,6-11,13-14,16-17,19,21-22H,4-5,12,15,18,20H2,(H,40,44)(H2,34,35,39)(H,36,37,41). The first-order valence-electron chi connectivity index (χ1n) is 14.8. The molecule has 3 aromatic heterocycles.